The van der Waals surface area contributed by atoms with Gasteiger partial charge in [0.05, 0.1) is 12.6 Å². The van der Waals surface area contributed by atoms with Crippen LogP contribution in [0, 0.1) is 23.6 Å². The molecule has 0 radical (unpaired) electrons. The van der Waals surface area contributed by atoms with Gasteiger partial charge in [-0.3, -0.25) is 14.4 Å². The van der Waals surface area contributed by atoms with Crippen molar-refractivity contribution in [3.63, 3.8) is 0 Å². The smallest absolute Gasteiger partial charge is 0.271 e. The highest BCUT2D eigenvalue weighted by Gasteiger charge is 2.56. The fourth-order valence-corrected chi connectivity index (χ4v) is 4.24. The first kappa shape index (κ1) is 33.6. The summed E-state index contributed by atoms with van der Waals surface area (Å²) >= 11 is 0. The number of aliphatic hydroxyl groups excluding tert-OH is 1. The van der Waals surface area contributed by atoms with Crippen molar-refractivity contribution < 1.29 is 37.8 Å². The summed E-state index contributed by atoms with van der Waals surface area (Å²) in [7, 11) is 0. The molecule has 1 saturated heterocycles. The molecule has 4 N–H and O–H groups in total. The number of phenols is 1. The van der Waals surface area contributed by atoms with E-state index in [9.17, 15) is 37.8 Å². The van der Waals surface area contributed by atoms with E-state index in [2.05, 4.69) is 31.4 Å². The van der Waals surface area contributed by atoms with E-state index in [4.69, 9.17) is 0 Å². The minimum Gasteiger partial charge on any atom is -0.508 e. The van der Waals surface area contributed by atoms with Gasteiger partial charge in [-0.1, -0.05) is 52.8 Å². The highest BCUT2D eigenvalue weighted by atomic mass is 19.3. The quantitative estimate of drug-likeness (QED) is 0.355. The van der Waals surface area contributed by atoms with E-state index in [1.807, 2.05) is 0 Å². The molecule has 2 aromatic rings. The summed E-state index contributed by atoms with van der Waals surface area (Å²) in [5, 5.41) is 25.9. The van der Waals surface area contributed by atoms with E-state index in [0.29, 0.717) is 11.1 Å². The van der Waals surface area contributed by atoms with Gasteiger partial charge in [0.15, 0.2) is 6.10 Å². The molecule has 2 aromatic carbocycles. The lowest BCUT2D eigenvalue weighted by Gasteiger charge is -2.28. The van der Waals surface area contributed by atoms with Crippen molar-refractivity contribution in [3.05, 3.63) is 65.0 Å². The zero-order chi connectivity index (χ0) is 31.2. The van der Waals surface area contributed by atoms with Crippen LogP contribution < -0.4 is 10.6 Å². The van der Waals surface area contributed by atoms with Crippen LogP contribution in [0.5, 0.6) is 5.75 Å². The average molecular weight is 580 g/mol. The van der Waals surface area contributed by atoms with Gasteiger partial charge in [0.1, 0.15) is 11.6 Å². The van der Waals surface area contributed by atoms with Gasteiger partial charge in [-0.15, -0.1) is 0 Å². The molecule has 0 aliphatic carbocycles. The van der Waals surface area contributed by atoms with E-state index in [1.165, 1.54) is 57.2 Å². The second-order valence-electron chi connectivity index (χ2n) is 12.2. The van der Waals surface area contributed by atoms with E-state index >= 15 is 0 Å². The minimum absolute atomic E-state index is 0.109. The average Bonchev–Trinajstić information content (AvgIpc) is 3.09. The Morgan fingerprint density at radius 2 is 1.76 bits per heavy atom. The first-order chi connectivity index (χ1) is 18.9. The molecule has 0 spiro atoms. The SMILES string of the molecule is CC(C)(C)CNC=O.Cc1c(O)cccc1C(=O)NC(Cc1cccc(F)c1)C(O)C(=O)N1CC(C)(C)C(F)(F)C1. The van der Waals surface area contributed by atoms with Gasteiger partial charge in [0.2, 0.25) is 6.41 Å². The molecule has 8 nitrogen and oxygen atoms in total. The summed E-state index contributed by atoms with van der Waals surface area (Å²) in [5.41, 5.74) is -0.454. The number of aliphatic hydroxyl groups is 1. The van der Waals surface area contributed by atoms with E-state index in [0.717, 1.165) is 17.9 Å². The number of amides is 3. The molecule has 1 heterocycles. The van der Waals surface area contributed by atoms with Gasteiger partial charge in [0.25, 0.3) is 17.7 Å². The Hall–Kier alpha value is -3.60. The molecular weight excluding hydrogens is 539 g/mol. The molecule has 226 valence electrons. The van der Waals surface area contributed by atoms with Crippen molar-refractivity contribution in [2.24, 2.45) is 10.8 Å². The van der Waals surface area contributed by atoms with Gasteiger partial charge in [0, 0.05) is 29.6 Å². The summed E-state index contributed by atoms with van der Waals surface area (Å²) in [4.78, 5) is 36.4. The number of nitrogens with zero attached hydrogens (tertiary/aromatic N) is 1. The predicted octanol–water partition coefficient (Wildman–Crippen LogP) is 3.82. The number of carbonyl (C=O) groups is 3. The van der Waals surface area contributed by atoms with Crippen LogP contribution in [0.25, 0.3) is 0 Å². The van der Waals surface area contributed by atoms with Crippen molar-refractivity contribution in [3.8, 4) is 5.75 Å². The summed E-state index contributed by atoms with van der Waals surface area (Å²) in [6.45, 7) is 10.1. The summed E-state index contributed by atoms with van der Waals surface area (Å²) in [6, 6.07) is 8.53. The number of hydrogen-bond donors (Lipinski definition) is 4. The number of nitrogens with one attached hydrogen (secondary N) is 2. The highest BCUT2D eigenvalue weighted by molar-refractivity contribution is 5.97. The maximum absolute atomic E-state index is 14.3. The first-order valence-corrected chi connectivity index (χ1v) is 13.2. The second-order valence-corrected chi connectivity index (χ2v) is 12.2. The maximum atomic E-state index is 14.3. The minimum atomic E-state index is -3.14. The predicted molar refractivity (Wildman–Crippen MR) is 149 cm³/mol. The molecule has 0 aromatic heterocycles. The third-order valence-corrected chi connectivity index (χ3v) is 6.84. The molecular formula is C30H40F3N3O5. The standard InChI is InChI=1S/C24H27F3N2O4.C6H13NO/c1-14-17(8-5-9-19(14)30)21(32)28-18(11-15-6-4-7-16(25)10-15)20(31)22(33)29-12-23(2,3)24(26,27)13-29;1-6(2,3)4-7-5-8/h4-10,18,20,30-31H,11-13H2,1-3H3,(H,28,32);5H,4H2,1-3H3,(H,7,8). The Morgan fingerprint density at radius 1 is 1.12 bits per heavy atom. The van der Waals surface area contributed by atoms with E-state index in [-0.39, 0.29) is 29.7 Å². The number of phenolic OH excluding ortho intramolecular Hbond substituents is 1. The van der Waals surface area contributed by atoms with Crippen LogP contribution in [-0.2, 0) is 16.0 Å². The number of carbonyl (C=O) groups excluding carboxylic acids is 3. The van der Waals surface area contributed by atoms with Gasteiger partial charge < -0.3 is 25.7 Å². The van der Waals surface area contributed by atoms with Gasteiger partial charge in [-0.05, 0) is 48.6 Å². The lowest BCUT2D eigenvalue weighted by molar-refractivity contribution is -0.142. The van der Waals surface area contributed by atoms with Crippen molar-refractivity contribution in [2.45, 2.75) is 66.0 Å². The molecule has 11 heteroatoms. The molecule has 41 heavy (non-hydrogen) atoms. The Bertz CT molecular complexity index is 1210. The Labute approximate surface area is 238 Å². The summed E-state index contributed by atoms with van der Waals surface area (Å²) < 4.78 is 42.3. The molecule has 1 aliphatic rings. The fraction of sp³-hybridized carbons (Fsp3) is 0.500. The fourth-order valence-electron chi connectivity index (χ4n) is 4.24. The van der Waals surface area contributed by atoms with E-state index < -0.39 is 47.7 Å². The number of halogens is 3. The van der Waals surface area contributed by atoms with Crippen LogP contribution in [0.2, 0.25) is 0 Å². The Balaban J connectivity index is 0.000000642. The van der Waals surface area contributed by atoms with E-state index in [1.54, 1.807) is 6.07 Å². The molecule has 2 unspecified atom stereocenters. The molecule has 0 saturated carbocycles. The van der Waals surface area contributed by atoms with Gasteiger partial charge in [-0.2, -0.15) is 0 Å². The monoisotopic (exact) mass is 579 g/mol. The number of likely N-dealkylation sites (tertiary alicyclic amines) is 1. The molecule has 1 aliphatic heterocycles. The summed E-state index contributed by atoms with van der Waals surface area (Å²) in [6.07, 6.45) is -1.24. The molecule has 1 fully saturated rings. The third kappa shape index (κ3) is 9.21. The Kier molecular flexibility index (Phi) is 11.0. The number of hydrogen-bond acceptors (Lipinski definition) is 5. The molecule has 3 rings (SSSR count). The molecule has 2 atom stereocenters. The number of alkyl halides is 2. The third-order valence-electron chi connectivity index (χ3n) is 6.84. The largest absolute Gasteiger partial charge is 0.508 e. The first-order valence-electron chi connectivity index (χ1n) is 13.2. The van der Waals surface area contributed by atoms with Crippen LogP contribution in [0.4, 0.5) is 13.2 Å². The van der Waals surface area contributed by atoms with Crippen LogP contribution in [-0.4, -0.2) is 71.0 Å². The maximum Gasteiger partial charge on any atom is 0.271 e. The Morgan fingerprint density at radius 3 is 2.27 bits per heavy atom. The summed E-state index contributed by atoms with van der Waals surface area (Å²) in [5.74, 6) is -5.41. The lowest BCUT2D eigenvalue weighted by Crippen LogP contribution is -2.52. The van der Waals surface area contributed by atoms with Crippen molar-refractivity contribution in [1.29, 1.82) is 0 Å². The van der Waals surface area contributed by atoms with Crippen molar-refractivity contribution in [2.75, 3.05) is 19.6 Å². The van der Waals surface area contributed by atoms with Crippen LogP contribution in [0.15, 0.2) is 42.5 Å². The number of aromatic hydroxyl groups is 1. The van der Waals surface area contributed by atoms with Gasteiger partial charge in [-0.25, -0.2) is 13.2 Å². The number of benzene rings is 2. The van der Waals surface area contributed by atoms with Gasteiger partial charge >= 0.3 is 0 Å². The normalized spacial score (nSPS) is 17.1. The van der Waals surface area contributed by atoms with Crippen molar-refractivity contribution in [1.82, 2.24) is 15.5 Å². The molecule has 3 amide bonds. The zero-order valence-corrected chi connectivity index (χ0v) is 24.3. The topological polar surface area (TPSA) is 119 Å². The zero-order valence-electron chi connectivity index (χ0n) is 24.3. The highest BCUT2D eigenvalue weighted by Crippen LogP contribution is 2.43. The van der Waals surface area contributed by atoms with Crippen molar-refractivity contribution >= 4 is 18.2 Å². The lowest BCUT2D eigenvalue weighted by atomic mass is 9.89. The van der Waals surface area contributed by atoms with Crippen LogP contribution >= 0.6 is 0 Å². The van der Waals surface area contributed by atoms with Crippen LogP contribution in [0.3, 0.4) is 0 Å². The molecule has 0 bridgehead atoms. The second kappa shape index (κ2) is 13.4. The van der Waals surface area contributed by atoms with Crippen LogP contribution in [0.1, 0.15) is 56.1 Å². The number of rotatable bonds is 8.